The Morgan fingerprint density at radius 2 is 2.26 bits per heavy atom. The SMILES string of the molecule is CN(C)CCO[C@@H]1CCOC[C@@H]1NC(=O)c1cc(F)cc(Cl)c1. The van der Waals surface area contributed by atoms with Gasteiger partial charge in [-0.2, -0.15) is 0 Å². The largest absolute Gasteiger partial charge is 0.379 e. The van der Waals surface area contributed by atoms with E-state index < -0.39 is 5.82 Å². The van der Waals surface area contributed by atoms with Crippen LogP contribution < -0.4 is 5.32 Å². The Hall–Kier alpha value is -1.21. The minimum absolute atomic E-state index is 0.114. The van der Waals surface area contributed by atoms with Crippen LogP contribution in [0.5, 0.6) is 0 Å². The molecule has 1 aliphatic rings. The average Bonchev–Trinajstić information content (AvgIpc) is 2.47. The van der Waals surface area contributed by atoms with Gasteiger partial charge in [0.1, 0.15) is 5.82 Å². The normalized spacial score (nSPS) is 21.4. The smallest absolute Gasteiger partial charge is 0.251 e. The first kappa shape index (κ1) is 18.1. The summed E-state index contributed by atoms with van der Waals surface area (Å²) in [4.78, 5) is 14.3. The van der Waals surface area contributed by atoms with Crippen LogP contribution >= 0.6 is 11.6 Å². The van der Waals surface area contributed by atoms with Crippen molar-refractivity contribution in [1.82, 2.24) is 10.2 Å². The van der Waals surface area contributed by atoms with E-state index in [1.165, 1.54) is 6.07 Å². The van der Waals surface area contributed by atoms with E-state index >= 15 is 0 Å². The van der Waals surface area contributed by atoms with Crippen molar-refractivity contribution in [1.29, 1.82) is 0 Å². The number of nitrogens with one attached hydrogen (secondary N) is 1. The van der Waals surface area contributed by atoms with Crippen molar-refractivity contribution >= 4 is 17.5 Å². The van der Waals surface area contributed by atoms with E-state index in [1.807, 2.05) is 19.0 Å². The van der Waals surface area contributed by atoms with E-state index in [1.54, 1.807) is 0 Å². The molecular weight excluding hydrogens is 323 g/mol. The topological polar surface area (TPSA) is 50.8 Å². The number of halogens is 2. The highest BCUT2D eigenvalue weighted by atomic mass is 35.5. The minimum atomic E-state index is -0.540. The highest BCUT2D eigenvalue weighted by molar-refractivity contribution is 6.31. The lowest BCUT2D eigenvalue weighted by atomic mass is 10.1. The summed E-state index contributed by atoms with van der Waals surface area (Å²) in [6.07, 6.45) is 0.596. The standard InChI is InChI=1S/C16H22ClFN2O3/c1-20(2)4-6-23-15-3-5-22-10-14(15)19-16(21)11-7-12(17)9-13(18)8-11/h7-9,14-15H,3-6,10H2,1-2H3,(H,19,21)/t14-,15+/m0/s1. The van der Waals surface area contributed by atoms with Crippen molar-refractivity contribution in [3.05, 3.63) is 34.6 Å². The van der Waals surface area contributed by atoms with Gasteiger partial charge in [0.25, 0.3) is 5.91 Å². The van der Waals surface area contributed by atoms with E-state index in [2.05, 4.69) is 5.32 Å². The van der Waals surface area contributed by atoms with E-state index in [9.17, 15) is 9.18 Å². The maximum absolute atomic E-state index is 13.4. The number of amides is 1. The van der Waals surface area contributed by atoms with Crippen LogP contribution in [0.2, 0.25) is 5.02 Å². The molecule has 1 amide bonds. The highest BCUT2D eigenvalue weighted by Crippen LogP contribution is 2.16. The molecule has 0 bridgehead atoms. The molecule has 1 saturated heterocycles. The van der Waals surface area contributed by atoms with E-state index in [4.69, 9.17) is 21.1 Å². The first-order valence-corrected chi connectivity index (χ1v) is 7.94. The summed E-state index contributed by atoms with van der Waals surface area (Å²) in [7, 11) is 3.95. The summed E-state index contributed by atoms with van der Waals surface area (Å²) in [5, 5.41) is 3.04. The second kappa shape index (κ2) is 8.59. The number of carbonyl (C=O) groups excluding carboxylic acids is 1. The lowest BCUT2D eigenvalue weighted by molar-refractivity contribution is -0.0561. The van der Waals surface area contributed by atoms with Crippen molar-refractivity contribution < 1.29 is 18.7 Å². The lowest BCUT2D eigenvalue weighted by Crippen LogP contribution is -2.51. The molecule has 7 heteroatoms. The summed E-state index contributed by atoms with van der Waals surface area (Å²) in [6, 6.07) is 3.49. The summed E-state index contributed by atoms with van der Waals surface area (Å²) < 4.78 is 24.6. The third-order valence-electron chi connectivity index (χ3n) is 3.60. The maximum atomic E-state index is 13.4. The Morgan fingerprint density at radius 3 is 2.96 bits per heavy atom. The molecule has 23 heavy (non-hydrogen) atoms. The second-order valence-electron chi connectivity index (χ2n) is 5.81. The third kappa shape index (κ3) is 5.73. The van der Waals surface area contributed by atoms with Crippen LogP contribution in [0.25, 0.3) is 0 Å². The number of hydrogen-bond acceptors (Lipinski definition) is 4. The van der Waals surface area contributed by atoms with E-state index in [0.29, 0.717) is 26.2 Å². The van der Waals surface area contributed by atoms with Gasteiger partial charge in [-0.15, -0.1) is 0 Å². The van der Waals surface area contributed by atoms with Gasteiger partial charge in [0.2, 0.25) is 0 Å². The zero-order chi connectivity index (χ0) is 16.8. The molecule has 0 unspecified atom stereocenters. The molecule has 5 nitrogen and oxygen atoms in total. The van der Waals surface area contributed by atoms with Gasteiger partial charge in [0.15, 0.2) is 0 Å². The summed E-state index contributed by atoms with van der Waals surface area (Å²) in [6.45, 7) is 2.36. The van der Waals surface area contributed by atoms with E-state index in [0.717, 1.165) is 18.7 Å². The van der Waals surface area contributed by atoms with Crippen LogP contribution in [0, 0.1) is 5.82 Å². The van der Waals surface area contributed by atoms with Gasteiger partial charge >= 0.3 is 0 Å². The number of likely N-dealkylation sites (N-methyl/N-ethyl adjacent to an activating group) is 1. The van der Waals surface area contributed by atoms with Crippen LogP contribution in [0.4, 0.5) is 4.39 Å². The molecule has 1 N–H and O–H groups in total. The van der Waals surface area contributed by atoms with Crippen molar-refractivity contribution in [3.63, 3.8) is 0 Å². The molecule has 2 atom stereocenters. The number of carbonyl (C=O) groups is 1. The molecule has 0 saturated carbocycles. The molecule has 1 aromatic rings. The molecular formula is C16H22ClFN2O3. The third-order valence-corrected chi connectivity index (χ3v) is 3.82. The minimum Gasteiger partial charge on any atom is -0.379 e. The molecule has 1 aromatic carbocycles. The quantitative estimate of drug-likeness (QED) is 0.857. The number of benzene rings is 1. The fourth-order valence-corrected chi connectivity index (χ4v) is 2.60. The fourth-order valence-electron chi connectivity index (χ4n) is 2.38. The fraction of sp³-hybridized carbons (Fsp3) is 0.562. The van der Waals surface area contributed by atoms with Gasteiger partial charge in [0.05, 0.1) is 25.4 Å². The first-order chi connectivity index (χ1) is 11.0. The van der Waals surface area contributed by atoms with Crippen molar-refractivity contribution in [2.45, 2.75) is 18.6 Å². The predicted molar refractivity (Wildman–Crippen MR) is 86.4 cm³/mol. The van der Waals surface area contributed by atoms with Crippen LogP contribution in [-0.2, 0) is 9.47 Å². The van der Waals surface area contributed by atoms with E-state index in [-0.39, 0.29) is 28.6 Å². The van der Waals surface area contributed by atoms with Gasteiger partial charge in [-0.05, 0) is 38.7 Å². The molecule has 0 radical (unpaired) electrons. The maximum Gasteiger partial charge on any atom is 0.251 e. The van der Waals surface area contributed by atoms with Gasteiger partial charge < -0.3 is 19.7 Å². The predicted octanol–water partition coefficient (Wildman–Crippen LogP) is 1.94. The second-order valence-corrected chi connectivity index (χ2v) is 6.25. The Bertz CT molecular complexity index is 522. The highest BCUT2D eigenvalue weighted by Gasteiger charge is 2.28. The molecule has 1 heterocycles. The number of ether oxygens (including phenoxy) is 2. The number of nitrogens with zero attached hydrogens (tertiary/aromatic N) is 1. The molecule has 0 aromatic heterocycles. The van der Waals surface area contributed by atoms with Gasteiger partial charge in [-0.3, -0.25) is 4.79 Å². The van der Waals surface area contributed by atoms with Crippen LogP contribution in [0.1, 0.15) is 16.8 Å². The Balaban J connectivity index is 1.96. The lowest BCUT2D eigenvalue weighted by Gasteiger charge is -2.32. The Labute approximate surface area is 140 Å². The van der Waals surface area contributed by atoms with Crippen LogP contribution in [0.15, 0.2) is 18.2 Å². The zero-order valence-electron chi connectivity index (χ0n) is 13.4. The average molecular weight is 345 g/mol. The number of rotatable bonds is 6. The molecule has 0 aliphatic carbocycles. The Morgan fingerprint density at radius 1 is 1.48 bits per heavy atom. The monoisotopic (exact) mass is 344 g/mol. The molecule has 128 valence electrons. The number of hydrogen-bond donors (Lipinski definition) is 1. The molecule has 0 spiro atoms. The summed E-state index contributed by atoms with van der Waals surface area (Å²) in [5.74, 6) is -0.926. The van der Waals surface area contributed by atoms with Gasteiger partial charge in [-0.1, -0.05) is 11.6 Å². The molecule has 1 aliphatic heterocycles. The van der Waals surface area contributed by atoms with Crippen molar-refractivity contribution in [3.8, 4) is 0 Å². The summed E-state index contributed by atoms with van der Waals surface area (Å²) >= 11 is 5.79. The molecule has 2 rings (SSSR count). The van der Waals surface area contributed by atoms with Crippen molar-refractivity contribution in [2.24, 2.45) is 0 Å². The van der Waals surface area contributed by atoms with Crippen molar-refractivity contribution in [2.75, 3.05) is 40.5 Å². The Kier molecular flexibility index (Phi) is 6.77. The molecule has 1 fully saturated rings. The first-order valence-electron chi connectivity index (χ1n) is 7.57. The zero-order valence-corrected chi connectivity index (χ0v) is 14.1. The van der Waals surface area contributed by atoms with Gasteiger partial charge in [-0.25, -0.2) is 4.39 Å². The van der Waals surface area contributed by atoms with Crippen LogP contribution in [-0.4, -0.2) is 63.4 Å². The van der Waals surface area contributed by atoms with Gasteiger partial charge in [0, 0.05) is 23.7 Å². The van der Waals surface area contributed by atoms with Crippen LogP contribution in [0.3, 0.4) is 0 Å². The summed E-state index contributed by atoms with van der Waals surface area (Å²) in [5.41, 5.74) is 0.188.